The third-order valence-electron chi connectivity index (χ3n) is 3.12. The lowest BCUT2D eigenvalue weighted by Gasteiger charge is -2.22. The van der Waals surface area contributed by atoms with Gasteiger partial charge < -0.3 is 10.6 Å². The van der Waals surface area contributed by atoms with E-state index in [-0.39, 0.29) is 11.8 Å². The van der Waals surface area contributed by atoms with Crippen LogP contribution in [0.5, 0.6) is 0 Å². The zero-order valence-electron chi connectivity index (χ0n) is 9.92. The number of carbonyl (C=O) groups is 1. The van der Waals surface area contributed by atoms with Gasteiger partial charge in [-0.05, 0) is 53.9 Å². The van der Waals surface area contributed by atoms with Crippen LogP contribution in [0.25, 0.3) is 0 Å². The van der Waals surface area contributed by atoms with Crippen LogP contribution in [0.1, 0.15) is 18.4 Å². The number of aryl methyl sites for hydroxylation is 1. The molecule has 1 aliphatic rings. The molecule has 1 aromatic rings. The second kappa shape index (κ2) is 5.65. The number of benzene rings is 1. The minimum Gasteiger partial charge on any atom is -0.325 e. The Kier molecular flexibility index (Phi) is 4.18. The van der Waals surface area contributed by atoms with Crippen LogP contribution in [-0.4, -0.2) is 19.0 Å². The van der Waals surface area contributed by atoms with Crippen molar-refractivity contribution in [2.75, 3.05) is 18.4 Å². The van der Waals surface area contributed by atoms with Crippen molar-refractivity contribution in [1.29, 1.82) is 0 Å². The molecule has 1 aromatic carbocycles. The number of nitrogens with one attached hydrogen (secondary N) is 2. The van der Waals surface area contributed by atoms with E-state index in [0.29, 0.717) is 0 Å². The third kappa shape index (κ3) is 3.07. The Bertz CT molecular complexity index is 414. The Labute approximate surface area is 110 Å². The highest BCUT2D eigenvalue weighted by Crippen LogP contribution is 2.26. The SMILES string of the molecule is Cc1cccc(NC(=O)C2CCCNC2)c1Br. The lowest BCUT2D eigenvalue weighted by molar-refractivity contribution is -0.120. The fourth-order valence-electron chi connectivity index (χ4n) is 2.05. The minimum absolute atomic E-state index is 0.0937. The lowest BCUT2D eigenvalue weighted by atomic mass is 9.99. The van der Waals surface area contributed by atoms with Crippen molar-refractivity contribution in [1.82, 2.24) is 5.32 Å². The number of amides is 1. The monoisotopic (exact) mass is 296 g/mol. The van der Waals surface area contributed by atoms with Crippen molar-refractivity contribution < 1.29 is 4.79 Å². The third-order valence-corrected chi connectivity index (χ3v) is 4.17. The van der Waals surface area contributed by atoms with Crippen molar-refractivity contribution in [2.24, 2.45) is 5.92 Å². The average Bonchev–Trinajstić information content (AvgIpc) is 2.36. The number of rotatable bonds is 2. The highest BCUT2D eigenvalue weighted by Gasteiger charge is 2.21. The normalized spacial score (nSPS) is 20.0. The Morgan fingerprint density at radius 3 is 3.06 bits per heavy atom. The molecule has 2 rings (SSSR count). The Balaban J connectivity index is 2.04. The second-order valence-electron chi connectivity index (χ2n) is 4.47. The molecule has 1 heterocycles. The molecular formula is C13H17BrN2O. The van der Waals surface area contributed by atoms with Crippen LogP contribution in [0.2, 0.25) is 0 Å². The van der Waals surface area contributed by atoms with Crippen LogP contribution in [-0.2, 0) is 4.79 Å². The first-order valence-electron chi connectivity index (χ1n) is 5.95. The molecule has 1 aliphatic heterocycles. The van der Waals surface area contributed by atoms with Crippen LogP contribution in [0.4, 0.5) is 5.69 Å². The fourth-order valence-corrected chi connectivity index (χ4v) is 2.42. The molecule has 3 nitrogen and oxygen atoms in total. The number of anilines is 1. The van der Waals surface area contributed by atoms with Gasteiger partial charge in [0.2, 0.25) is 5.91 Å². The predicted octanol–water partition coefficient (Wildman–Crippen LogP) is 2.70. The van der Waals surface area contributed by atoms with Gasteiger partial charge in [-0.1, -0.05) is 12.1 Å². The van der Waals surface area contributed by atoms with Crippen LogP contribution in [0.15, 0.2) is 22.7 Å². The van der Waals surface area contributed by atoms with Gasteiger partial charge in [-0.3, -0.25) is 4.79 Å². The van der Waals surface area contributed by atoms with Gasteiger partial charge in [-0.15, -0.1) is 0 Å². The van der Waals surface area contributed by atoms with E-state index in [1.54, 1.807) is 0 Å². The van der Waals surface area contributed by atoms with Crippen molar-refractivity contribution in [3.05, 3.63) is 28.2 Å². The van der Waals surface area contributed by atoms with Gasteiger partial charge in [0.1, 0.15) is 0 Å². The summed E-state index contributed by atoms with van der Waals surface area (Å²) in [5.41, 5.74) is 1.99. The number of halogens is 1. The zero-order chi connectivity index (χ0) is 12.3. The van der Waals surface area contributed by atoms with Crippen LogP contribution in [0.3, 0.4) is 0 Å². The number of hydrogen-bond acceptors (Lipinski definition) is 2. The molecule has 0 aliphatic carbocycles. The molecule has 0 radical (unpaired) electrons. The first kappa shape index (κ1) is 12.6. The summed E-state index contributed by atoms with van der Waals surface area (Å²) >= 11 is 3.50. The van der Waals surface area contributed by atoms with E-state index < -0.39 is 0 Å². The van der Waals surface area contributed by atoms with E-state index in [1.807, 2.05) is 25.1 Å². The summed E-state index contributed by atoms with van der Waals surface area (Å²) in [6.45, 7) is 3.83. The maximum Gasteiger partial charge on any atom is 0.228 e. The molecule has 1 atom stereocenters. The summed E-state index contributed by atoms with van der Waals surface area (Å²) in [4.78, 5) is 12.1. The van der Waals surface area contributed by atoms with Gasteiger partial charge in [0.05, 0.1) is 11.6 Å². The maximum absolute atomic E-state index is 12.1. The molecule has 0 aromatic heterocycles. The Hall–Kier alpha value is -0.870. The molecule has 2 N–H and O–H groups in total. The molecule has 92 valence electrons. The van der Waals surface area contributed by atoms with Gasteiger partial charge in [0.15, 0.2) is 0 Å². The van der Waals surface area contributed by atoms with Crippen molar-refractivity contribution in [2.45, 2.75) is 19.8 Å². The van der Waals surface area contributed by atoms with E-state index in [0.717, 1.165) is 41.7 Å². The quantitative estimate of drug-likeness (QED) is 0.881. The van der Waals surface area contributed by atoms with Crippen molar-refractivity contribution >= 4 is 27.5 Å². The summed E-state index contributed by atoms with van der Waals surface area (Å²) in [5.74, 6) is 0.208. The Morgan fingerprint density at radius 2 is 2.35 bits per heavy atom. The molecular weight excluding hydrogens is 280 g/mol. The van der Waals surface area contributed by atoms with Crippen molar-refractivity contribution in [3.63, 3.8) is 0 Å². The van der Waals surface area contributed by atoms with Gasteiger partial charge in [0.25, 0.3) is 0 Å². The van der Waals surface area contributed by atoms with E-state index >= 15 is 0 Å². The van der Waals surface area contributed by atoms with Gasteiger partial charge in [-0.25, -0.2) is 0 Å². The molecule has 17 heavy (non-hydrogen) atoms. The molecule has 0 bridgehead atoms. The first-order chi connectivity index (χ1) is 8.18. The second-order valence-corrected chi connectivity index (χ2v) is 5.26. The predicted molar refractivity (Wildman–Crippen MR) is 73.1 cm³/mol. The molecule has 0 saturated carbocycles. The lowest BCUT2D eigenvalue weighted by Crippen LogP contribution is -2.37. The van der Waals surface area contributed by atoms with Gasteiger partial charge >= 0.3 is 0 Å². The molecule has 1 unspecified atom stereocenters. The summed E-state index contributed by atoms with van der Waals surface area (Å²) < 4.78 is 0.970. The summed E-state index contributed by atoms with van der Waals surface area (Å²) in [5, 5.41) is 6.25. The van der Waals surface area contributed by atoms with Crippen LogP contribution >= 0.6 is 15.9 Å². The molecule has 0 spiro atoms. The van der Waals surface area contributed by atoms with E-state index in [9.17, 15) is 4.79 Å². The molecule has 4 heteroatoms. The molecule has 1 amide bonds. The minimum atomic E-state index is 0.0937. The van der Waals surface area contributed by atoms with Gasteiger partial charge in [0, 0.05) is 11.0 Å². The van der Waals surface area contributed by atoms with Crippen LogP contribution in [0, 0.1) is 12.8 Å². The zero-order valence-corrected chi connectivity index (χ0v) is 11.5. The molecule has 1 fully saturated rings. The van der Waals surface area contributed by atoms with Crippen molar-refractivity contribution in [3.8, 4) is 0 Å². The topological polar surface area (TPSA) is 41.1 Å². The standard InChI is InChI=1S/C13H17BrN2O/c1-9-4-2-6-11(12(9)14)16-13(17)10-5-3-7-15-8-10/h2,4,6,10,15H,3,5,7-8H2,1H3,(H,16,17). The summed E-state index contributed by atoms with van der Waals surface area (Å²) in [6.07, 6.45) is 2.05. The van der Waals surface area contributed by atoms with E-state index in [2.05, 4.69) is 26.6 Å². The first-order valence-corrected chi connectivity index (χ1v) is 6.74. The summed E-state index contributed by atoms with van der Waals surface area (Å²) in [7, 11) is 0. The van der Waals surface area contributed by atoms with Crippen LogP contribution < -0.4 is 10.6 Å². The van der Waals surface area contributed by atoms with E-state index in [1.165, 1.54) is 0 Å². The molecule has 1 saturated heterocycles. The Morgan fingerprint density at radius 1 is 1.53 bits per heavy atom. The maximum atomic E-state index is 12.1. The number of piperidine rings is 1. The number of hydrogen-bond donors (Lipinski definition) is 2. The smallest absolute Gasteiger partial charge is 0.228 e. The highest BCUT2D eigenvalue weighted by atomic mass is 79.9. The largest absolute Gasteiger partial charge is 0.325 e. The fraction of sp³-hybridized carbons (Fsp3) is 0.462. The van der Waals surface area contributed by atoms with Gasteiger partial charge in [-0.2, -0.15) is 0 Å². The highest BCUT2D eigenvalue weighted by molar-refractivity contribution is 9.10. The van der Waals surface area contributed by atoms with E-state index in [4.69, 9.17) is 0 Å². The average molecular weight is 297 g/mol. The number of carbonyl (C=O) groups excluding carboxylic acids is 1. The summed E-state index contributed by atoms with van der Waals surface area (Å²) in [6, 6.07) is 5.89.